The second-order valence-corrected chi connectivity index (χ2v) is 4.70. The van der Waals surface area contributed by atoms with E-state index in [1.165, 1.54) is 6.07 Å². The van der Waals surface area contributed by atoms with Crippen molar-refractivity contribution < 1.29 is 13.9 Å². The maximum Gasteiger partial charge on any atom is 0.315 e. The van der Waals surface area contributed by atoms with Crippen LogP contribution in [0.1, 0.15) is 17.5 Å². The summed E-state index contributed by atoms with van der Waals surface area (Å²) in [5.74, 6) is 5.16. The van der Waals surface area contributed by atoms with Gasteiger partial charge in [0.05, 0.1) is 19.2 Å². The molecule has 1 unspecified atom stereocenters. The fourth-order valence-corrected chi connectivity index (χ4v) is 2.00. The predicted molar refractivity (Wildman–Crippen MR) is 76.9 cm³/mol. The quantitative estimate of drug-likeness (QED) is 0.718. The molecule has 1 aliphatic rings. The number of urea groups is 1. The molecular formula is C15H18FN3O2. The first-order valence-electron chi connectivity index (χ1n) is 6.78. The van der Waals surface area contributed by atoms with Gasteiger partial charge in [0.2, 0.25) is 0 Å². The predicted octanol–water partition coefficient (Wildman–Crippen LogP) is 0.724. The molecule has 4 N–H and O–H groups in total. The Balaban J connectivity index is 1.90. The van der Waals surface area contributed by atoms with Crippen LogP contribution in [-0.2, 0) is 11.3 Å². The molecule has 5 nitrogen and oxygen atoms in total. The topological polar surface area (TPSA) is 76.4 Å². The highest BCUT2D eigenvalue weighted by molar-refractivity contribution is 5.74. The zero-order valence-corrected chi connectivity index (χ0v) is 11.6. The van der Waals surface area contributed by atoms with E-state index in [0.29, 0.717) is 24.3 Å². The molecule has 0 spiro atoms. The Morgan fingerprint density at radius 1 is 1.52 bits per heavy atom. The SMILES string of the molecule is NCC#Cc1ccc(F)c(CNC(=O)NC2CCOC2)c1. The normalized spacial score (nSPS) is 17.0. The average Bonchev–Trinajstić information content (AvgIpc) is 2.98. The van der Waals surface area contributed by atoms with E-state index in [9.17, 15) is 9.18 Å². The molecule has 2 rings (SSSR count). The molecule has 2 amide bonds. The van der Waals surface area contributed by atoms with Crippen molar-refractivity contribution in [3.05, 3.63) is 35.1 Å². The molecule has 1 heterocycles. The molecule has 1 aromatic carbocycles. The third kappa shape index (κ3) is 4.74. The molecule has 0 saturated carbocycles. The minimum absolute atomic E-state index is 0.0246. The number of amides is 2. The molecule has 112 valence electrons. The van der Waals surface area contributed by atoms with Crippen molar-refractivity contribution in [2.45, 2.75) is 19.0 Å². The van der Waals surface area contributed by atoms with E-state index < -0.39 is 0 Å². The van der Waals surface area contributed by atoms with Gasteiger partial charge in [-0.1, -0.05) is 11.8 Å². The van der Waals surface area contributed by atoms with E-state index in [1.807, 2.05) is 0 Å². The molecule has 0 aliphatic carbocycles. The van der Waals surface area contributed by atoms with Crippen molar-refractivity contribution in [3.63, 3.8) is 0 Å². The van der Waals surface area contributed by atoms with Gasteiger partial charge >= 0.3 is 6.03 Å². The van der Waals surface area contributed by atoms with Crippen LogP contribution in [0, 0.1) is 17.7 Å². The standard InChI is InChI=1S/C15H18FN3O2/c16-14-4-3-11(2-1-6-17)8-12(14)9-18-15(20)19-13-5-7-21-10-13/h3-4,8,13H,5-7,9-10,17H2,(H2,18,19,20). The average molecular weight is 291 g/mol. The van der Waals surface area contributed by atoms with E-state index >= 15 is 0 Å². The molecule has 0 bridgehead atoms. The van der Waals surface area contributed by atoms with Gasteiger partial charge in [-0.2, -0.15) is 0 Å². The van der Waals surface area contributed by atoms with Crippen LogP contribution in [0.15, 0.2) is 18.2 Å². The highest BCUT2D eigenvalue weighted by Gasteiger charge is 2.17. The molecule has 1 atom stereocenters. The summed E-state index contributed by atoms with van der Waals surface area (Å²) in [7, 11) is 0. The lowest BCUT2D eigenvalue weighted by Crippen LogP contribution is -2.42. The first kappa shape index (κ1) is 15.3. The summed E-state index contributed by atoms with van der Waals surface area (Å²) in [6, 6.07) is 4.22. The number of ether oxygens (including phenoxy) is 1. The molecule has 21 heavy (non-hydrogen) atoms. The molecule has 0 aromatic heterocycles. The zero-order valence-electron chi connectivity index (χ0n) is 11.6. The molecule has 1 aromatic rings. The molecule has 1 fully saturated rings. The number of nitrogens with one attached hydrogen (secondary N) is 2. The minimum Gasteiger partial charge on any atom is -0.379 e. The number of benzene rings is 1. The van der Waals surface area contributed by atoms with E-state index in [1.54, 1.807) is 12.1 Å². The van der Waals surface area contributed by atoms with E-state index in [-0.39, 0.29) is 31.0 Å². The fraction of sp³-hybridized carbons (Fsp3) is 0.400. The monoisotopic (exact) mass is 291 g/mol. The maximum atomic E-state index is 13.7. The largest absolute Gasteiger partial charge is 0.379 e. The van der Waals surface area contributed by atoms with Crippen LogP contribution < -0.4 is 16.4 Å². The Morgan fingerprint density at radius 3 is 3.10 bits per heavy atom. The molecule has 0 radical (unpaired) electrons. The number of carbonyl (C=O) groups is 1. The van der Waals surface area contributed by atoms with E-state index in [4.69, 9.17) is 10.5 Å². The summed E-state index contributed by atoms with van der Waals surface area (Å²) in [5.41, 5.74) is 6.35. The van der Waals surface area contributed by atoms with Crippen molar-refractivity contribution in [3.8, 4) is 11.8 Å². The van der Waals surface area contributed by atoms with Crippen molar-refractivity contribution in [2.24, 2.45) is 5.73 Å². The van der Waals surface area contributed by atoms with Gasteiger partial charge in [-0.05, 0) is 24.6 Å². The number of hydrogen-bond acceptors (Lipinski definition) is 3. The third-order valence-corrected chi connectivity index (χ3v) is 3.08. The van der Waals surface area contributed by atoms with E-state index in [2.05, 4.69) is 22.5 Å². The lowest BCUT2D eigenvalue weighted by molar-refractivity contribution is 0.188. The second-order valence-electron chi connectivity index (χ2n) is 4.70. The molecule has 1 saturated heterocycles. The maximum absolute atomic E-state index is 13.7. The number of hydrogen-bond donors (Lipinski definition) is 3. The number of halogens is 1. The van der Waals surface area contributed by atoms with E-state index in [0.717, 1.165) is 6.42 Å². The highest BCUT2D eigenvalue weighted by atomic mass is 19.1. The number of rotatable bonds is 3. The number of carbonyl (C=O) groups excluding carboxylic acids is 1. The minimum atomic E-state index is -0.377. The van der Waals surface area contributed by atoms with Crippen LogP contribution in [-0.4, -0.2) is 31.8 Å². The van der Waals surface area contributed by atoms with Crippen LogP contribution in [0.25, 0.3) is 0 Å². The van der Waals surface area contributed by atoms with Gasteiger partial charge in [-0.25, -0.2) is 9.18 Å². The second kappa shape index (κ2) is 7.62. The molecular weight excluding hydrogens is 273 g/mol. The van der Waals surface area contributed by atoms with Gasteiger partial charge in [-0.15, -0.1) is 0 Å². The molecule has 1 aliphatic heterocycles. The third-order valence-electron chi connectivity index (χ3n) is 3.08. The summed E-state index contributed by atoms with van der Waals surface area (Å²) in [5, 5.41) is 5.41. The van der Waals surface area contributed by atoms with Crippen LogP contribution in [0.5, 0.6) is 0 Å². The Bertz CT molecular complexity index is 560. The van der Waals surface area contributed by atoms with Crippen LogP contribution >= 0.6 is 0 Å². The van der Waals surface area contributed by atoms with Crippen molar-refractivity contribution in [1.82, 2.24) is 10.6 Å². The summed E-state index contributed by atoms with van der Waals surface area (Å²) in [4.78, 5) is 11.7. The van der Waals surface area contributed by atoms with Crippen molar-refractivity contribution in [2.75, 3.05) is 19.8 Å². The van der Waals surface area contributed by atoms with Gasteiger partial charge in [0, 0.05) is 24.3 Å². The fourth-order valence-electron chi connectivity index (χ4n) is 2.00. The Kier molecular flexibility index (Phi) is 5.55. The summed E-state index contributed by atoms with van der Waals surface area (Å²) >= 11 is 0. The van der Waals surface area contributed by atoms with Crippen LogP contribution in [0.4, 0.5) is 9.18 Å². The smallest absolute Gasteiger partial charge is 0.315 e. The van der Waals surface area contributed by atoms with Gasteiger partial charge in [0.15, 0.2) is 0 Å². The first-order valence-corrected chi connectivity index (χ1v) is 6.78. The highest BCUT2D eigenvalue weighted by Crippen LogP contribution is 2.10. The Labute approximate surface area is 123 Å². The summed E-state index contributed by atoms with van der Waals surface area (Å²) < 4.78 is 18.8. The Morgan fingerprint density at radius 2 is 2.38 bits per heavy atom. The number of nitrogens with two attached hydrogens (primary N) is 1. The van der Waals surface area contributed by atoms with Crippen LogP contribution in [0.2, 0.25) is 0 Å². The van der Waals surface area contributed by atoms with Gasteiger partial charge in [0.25, 0.3) is 0 Å². The summed E-state index contributed by atoms with van der Waals surface area (Å²) in [6.45, 7) is 1.52. The lowest BCUT2D eigenvalue weighted by atomic mass is 10.1. The van der Waals surface area contributed by atoms with Gasteiger partial charge in [-0.3, -0.25) is 0 Å². The molecule has 6 heteroatoms. The van der Waals surface area contributed by atoms with Crippen molar-refractivity contribution >= 4 is 6.03 Å². The first-order chi connectivity index (χ1) is 10.2. The van der Waals surface area contributed by atoms with Crippen molar-refractivity contribution in [1.29, 1.82) is 0 Å². The lowest BCUT2D eigenvalue weighted by Gasteiger charge is -2.12. The van der Waals surface area contributed by atoms with Gasteiger partial charge in [0.1, 0.15) is 5.82 Å². The summed E-state index contributed by atoms with van der Waals surface area (Å²) in [6.07, 6.45) is 0.798. The van der Waals surface area contributed by atoms with Gasteiger partial charge < -0.3 is 21.1 Å². The van der Waals surface area contributed by atoms with Crippen LogP contribution in [0.3, 0.4) is 0 Å². The zero-order chi connectivity index (χ0) is 15.1. The Hall–Kier alpha value is -2.10.